The van der Waals surface area contributed by atoms with E-state index in [4.69, 9.17) is 4.74 Å². The van der Waals surface area contributed by atoms with Gasteiger partial charge in [-0.15, -0.1) is 0 Å². The SMILES string of the molecule is COCCN1CCC(N2CCN(S(=O)(=O)Cc3ccccc3F)CC2)C1=O. The largest absolute Gasteiger partial charge is 0.383 e. The average Bonchev–Trinajstić information content (AvgIpc) is 3.02. The molecular formula is C18H26FN3O4S. The van der Waals surface area contributed by atoms with Crippen LogP contribution in [0.3, 0.4) is 0 Å². The molecule has 9 heteroatoms. The topological polar surface area (TPSA) is 70.2 Å². The van der Waals surface area contributed by atoms with Crippen molar-refractivity contribution in [3.8, 4) is 0 Å². The third-order valence-corrected chi connectivity index (χ3v) is 7.07. The first-order chi connectivity index (χ1) is 12.9. The highest BCUT2D eigenvalue weighted by Gasteiger charge is 2.38. The molecule has 1 amide bonds. The Kier molecular flexibility index (Phi) is 6.46. The minimum absolute atomic E-state index is 0.0923. The van der Waals surface area contributed by atoms with Gasteiger partial charge in [-0.2, -0.15) is 4.31 Å². The molecule has 1 aromatic carbocycles. The first-order valence-corrected chi connectivity index (χ1v) is 10.8. The number of hydrogen-bond donors (Lipinski definition) is 0. The Morgan fingerprint density at radius 1 is 1.15 bits per heavy atom. The fourth-order valence-corrected chi connectivity index (χ4v) is 5.21. The van der Waals surface area contributed by atoms with Gasteiger partial charge in [0.15, 0.2) is 0 Å². The number of benzene rings is 1. The lowest BCUT2D eigenvalue weighted by Gasteiger charge is -2.36. The van der Waals surface area contributed by atoms with Crippen LogP contribution >= 0.6 is 0 Å². The molecule has 1 atom stereocenters. The second-order valence-corrected chi connectivity index (χ2v) is 8.87. The maximum atomic E-state index is 13.8. The van der Waals surface area contributed by atoms with E-state index >= 15 is 0 Å². The van der Waals surface area contributed by atoms with E-state index < -0.39 is 15.8 Å². The summed E-state index contributed by atoms with van der Waals surface area (Å²) >= 11 is 0. The van der Waals surface area contributed by atoms with Crippen molar-refractivity contribution in [1.82, 2.24) is 14.1 Å². The maximum Gasteiger partial charge on any atom is 0.240 e. The predicted octanol–water partition coefficient (Wildman–Crippen LogP) is 0.520. The van der Waals surface area contributed by atoms with Crippen LogP contribution in [0.5, 0.6) is 0 Å². The Hall–Kier alpha value is -1.55. The van der Waals surface area contributed by atoms with E-state index in [0.717, 1.165) is 6.42 Å². The summed E-state index contributed by atoms with van der Waals surface area (Å²) in [6.07, 6.45) is 0.754. The van der Waals surface area contributed by atoms with Gasteiger partial charge in [-0.1, -0.05) is 18.2 Å². The Morgan fingerprint density at radius 2 is 1.85 bits per heavy atom. The van der Waals surface area contributed by atoms with Crippen LogP contribution in [-0.2, 0) is 25.3 Å². The van der Waals surface area contributed by atoms with E-state index in [2.05, 4.69) is 4.90 Å². The van der Waals surface area contributed by atoms with Crippen molar-refractivity contribution < 1.29 is 22.3 Å². The van der Waals surface area contributed by atoms with Crippen LogP contribution in [0.2, 0.25) is 0 Å². The van der Waals surface area contributed by atoms with Gasteiger partial charge in [0, 0.05) is 51.9 Å². The minimum Gasteiger partial charge on any atom is -0.383 e. The van der Waals surface area contributed by atoms with Crippen LogP contribution in [-0.4, -0.2) is 87.5 Å². The van der Waals surface area contributed by atoms with Gasteiger partial charge in [0.1, 0.15) is 5.82 Å². The summed E-state index contributed by atoms with van der Waals surface area (Å²) in [5.74, 6) is -0.755. The number of sulfonamides is 1. The van der Waals surface area contributed by atoms with Crippen molar-refractivity contribution in [1.29, 1.82) is 0 Å². The molecule has 0 N–H and O–H groups in total. The number of hydrogen-bond acceptors (Lipinski definition) is 5. The molecule has 0 aliphatic carbocycles. The molecule has 2 aliphatic heterocycles. The van der Waals surface area contributed by atoms with Gasteiger partial charge in [0.2, 0.25) is 15.9 Å². The van der Waals surface area contributed by atoms with Crippen molar-refractivity contribution in [2.45, 2.75) is 18.2 Å². The van der Waals surface area contributed by atoms with E-state index in [1.54, 1.807) is 24.1 Å². The van der Waals surface area contributed by atoms with Crippen molar-refractivity contribution in [2.24, 2.45) is 0 Å². The predicted molar refractivity (Wildman–Crippen MR) is 99.0 cm³/mol. The van der Waals surface area contributed by atoms with E-state index in [1.807, 2.05) is 0 Å². The van der Waals surface area contributed by atoms with Crippen LogP contribution in [0, 0.1) is 5.82 Å². The zero-order valence-electron chi connectivity index (χ0n) is 15.5. The molecule has 1 aromatic rings. The summed E-state index contributed by atoms with van der Waals surface area (Å²) in [7, 11) is -1.98. The molecule has 2 saturated heterocycles. The van der Waals surface area contributed by atoms with E-state index in [1.165, 1.54) is 16.4 Å². The van der Waals surface area contributed by atoms with Gasteiger partial charge in [0.05, 0.1) is 18.4 Å². The molecule has 3 rings (SSSR count). The first kappa shape index (κ1) is 20.2. The molecule has 7 nitrogen and oxygen atoms in total. The standard InChI is InChI=1S/C18H26FN3O4S/c1-26-13-12-21-7-6-17(18(21)23)20-8-10-22(11-9-20)27(24,25)14-15-4-2-3-5-16(15)19/h2-5,17H,6-14H2,1H3. The number of methoxy groups -OCH3 is 1. The molecule has 150 valence electrons. The van der Waals surface area contributed by atoms with Crippen molar-refractivity contribution >= 4 is 15.9 Å². The van der Waals surface area contributed by atoms with Gasteiger partial charge >= 0.3 is 0 Å². The molecule has 0 aromatic heterocycles. The Balaban J connectivity index is 1.56. The van der Waals surface area contributed by atoms with Crippen LogP contribution < -0.4 is 0 Å². The average molecular weight is 399 g/mol. The monoisotopic (exact) mass is 399 g/mol. The Labute approximate surface area is 159 Å². The van der Waals surface area contributed by atoms with E-state index in [0.29, 0.717) is 45.9 Å². The number of amides is 1. The van der Waals surface area contributed by atoms with Crippen LogP contribution in [0.25, 0.3) is 0 Å². The fraction of sp³-hybridized carbons (Fsp3) is 0.611. The molecule has 0 radical (unpaired) electrons. The molecule has 2 aliphatic rings. The van der Waals surface area contributed by atoms with Crippen LogP contribution in [0.15, 0.2) is 24.3 Å². The minimum atomic E-state index is -3.59. The van der Waals surface area contributed by atoms with Crippen molar-refractivity contribution in [3.05, 3.63) is 35.6 Å². The van der Waals surface area contributed by atoms with Crippen molar-refractivity contribution in [3.63, 3.8) is 0 Å². The smallest absolute Gasteiger partial charge is 0.240 e. The van der Waals surface area contributed by atoms with Gasteiger partial charge < -0.3 is 9.64 Å². The number of likely N-dealkylation sites (tertiary alicyclic amines) is 1. The molecule has 1 unspecified atom stereocenters. The summed E-state index contributed by atoms with van der Waals surface area (Å²) < 4.78 is 45.5. The second-order valence-electron chi connectivity index (χ2n) is 6.91. The lowest BCUT2D eigenvalue weighted by atomic mass is 10.2. The van der Waals surface area contributed by atoms with E-state index in [-0.39, 0.29) is 23.3 Å². The molecule has 27 heavy (non-hydrogen) atoms. The first-order valence-electron chi connectivity index (χ1n) is 9.15. The van der Waals surface area contributed by atoms with Gasteiger partial charge in [-0.05, 0) is 12.5 Å². The summed E-state index contributed by atoms with van der Waals surface area (Å²) in [5, 5.41) is 0. The number of halogens is 1. The molecular weight excluding hydrogens is 373 g/mol. The number of nitrogens with zero attached hydrogens (tertiary/aromatic N) is 3. The van der Waals surface area contributed by atoms with E-state index in [9.17, 15) is 17.6 Å². The molecule has 0 saturated carbocycles. The Morgan fingerprint density at radius 3 is 2.52 bits per heavy atom. The third-order valence-electron chi connectivity index (χ3n) is 5.24. The number of carbonyl (C=O) groups excluding carboxylic acids is 1. The zero-order valence-corrected chi connectivity index (χ0v) is 16.3. The summed E-state index contributed by atoms with van der Waals surface area (Å²) in [6, 6.07) is 5.75. The van der Waals surface area contributed by atoms with Gasteiger partial charge in [-0.25, -0.2) is 12.8 Å². The van der Waals surface area contributed by atoms with Gasteiger partial charge in [-0.3, -0.25) is 9.69 Å². The van der Waals surface area contributed by atoms with Crippen LogP contribution in [0.1, 0.15) is 12.0 Å². The second kappa shape index (κ2) is 8.64. The summed E-state index contributed by atoms with van der Waals surface area (Å²) in [5.41, 5.74) is 0.180. The molecule has 0 bridgehead atoms. The fourth-order valence-electron chi connectivity index (χ4n) is 3.68. The normalized spacial score (nSPS) is 22.5. The van der Waals surface area contributed by atoms with Crippen LogP contribution in [0.4, 0.5) is 4.39 Å². The molecule has 2 heterocycles. The summed E-state index contributed by atoms with van der Waals surface area (Å²) in [4.78, 5) is 16.4. The number of carbonyl (C=O) groups is 1. The third kappa shape index (κ3) is 4.66. The number of ether oxygens (including phenoxy) is 1. The highest BCUT2D eigenvalue weighted by Crippen LogP contribution is 2.21. The highest BCUT2D eigenvalue weighted by atomic mass is 32.2. The quantitative estimate of drug-likeness (QED) is 0.669. The lowest BCUT2D eigenvalue weighted by molar-refractivity contribution is -0.133. The Bertz CT molecular complexity index is 766. The number of piperazine rings is 1. The summed E-state index contributed by atoms with van der Waals surface area (Å²) in [6.45, 7) is 3.45. The van der Waals surface area contributed by atoms with Crippen molar-refractivity contribution in [2.75, 3.05) is 53.0 Å². The molecule has 0 spiro atoms. The van der Waals surface area contributed by atoms with Gasteiger partial charge in [0.25, 0.3) is 0 Å². The molecule has 2 fully saturated rings. The zero-order chi connectivity index (χ0) is 19.4. The highest BCUT2D eigenvalue weighted by molar-refractivity contribution is 7.88. The maximum absolute atomic E-state index is 13.8. The number of rotatable bonds is 7. The lowest BCUT2D eigenvalue weighted by Crippen LogP contribution is -2.54.